The average molecular weight is 460 g/mol. The lowest BCUT2D eigenvalue weighted by molar-refractivity contribution is -0.181. The van der Waals surface area contributed by atoms with E-state index in [2.05, 4.69) is 0 Å². The SMILES string of the molecule is CN(C)[C@@H]1C(=O)C(C(N)=O)=C(O)[C@@]2(O)C(=O)C3=C(O)c4c(O)cccc4C(C)(O)[C@H]3[C@H](O)[C@@H]12. The van der Waals surface area contributed by atoms with Crippen molar-refractivity contribution in [3.8, 4) is 5.75 Å². The first-order valence-electron chi connectivity index (χ1n) is 10.1. The molecule has 33 heavy (non-hydrogen) atoms. The molecule has 0 aromatic heterocycles. The van der Waals surface area contributed by atoms with Gasteiger partial charge < -0.3 is 36.4 Å². The Balaban J connectivity index is 2.11. The van der Waals surface area contributed by atoms with Crippen molar-refractivity contribution >= 4 is 23.2 Å². The first kappa shape index (κ1) is 22.9. The maximum atomic E-state index is 13.7. The summed E-state index contributed by atoms with van der Waals surface area (Å²) in [5, 5.41) is 66.3. The van der Waals surface area contributed by atoms with Crippen molar-refractivity contribution in [2.24, 2.45) is 17.6 Å². The molecule has 3 aliphatic rings. The van der Waals surface area contributed by atoms with E-state index in [1.165, 1.54) is 44.1 Å². The number of Topliss-reactive ketones (excluding diaryl/α,β-unsaturated/α-hetero) is 2. The number of carbonyl (C=O) groups is 3. The van der Waals surface area contributed by atoms with E-state index >= 15 is 0 Å². The number of hydrogen-bond donors (Lipinski definition) is 7. The fraction of sp³-hybridized carbons (Fsp3) is 0.409. The van der Waals surface area contributed by atoms with Crippen LogP contribution in [0.3, 0.4) is 0 Å². The fourth-order valence-electron chi connectivity index (χ4n) is 5.60. The molecule has 0 radical (unpaired) electrons. The summed E-state index contributed by atoms with van der Waals surface area (Å²) < 4.78 is 0. The number of likely N-dealkylation sites (N-methyl/N-ethyl adjacent to an activating group) is 1. The van der Waals surface area contributed by atoms with Crippen molar-refractivity contribution in [2.45, 2.75) is 30.3 Å². The van der Waals surface area contributed by atoms with Crippen LogP contribution in [-0.2, 0) is 20.0 Å². The number of rotatable bonds is 2. The number of benzene rings is 1. The molecule has 0 spiro atoms. The van der Waals surface area contributed by atoms with Crippen LogP contribution < -0.4 is 5.73 Å². The monoisotopic (exact) mass is 460 g/mol. The number of nitrogens with zero attached hydrogens (tertiary/aromatic N) is 1. The molecule has 1 unspecified atom stereocenters. The quantitative estimate of drug-likeness (QED) is 0.257. The third-order valence-corrected chi connectivity index (χ3v) is 7.03. The molecule has 4 rings (SSSR count). The molecule has 11 nitrogen and oxygen atoms in total. The second-order valence-electron chi connectivity index (χ2n) is 9.06. The number of carbonyl (C=O) groups excluding carboxylic acids is 3. The van der Waals surface area contributed by atoms with Crippen LogP contribution in [0.4, 0.5) is 0 Å². The van der Waals surface area contributed by atoms with Gasteiger partial charge in [-0.15, -0.1) is 0 Å². The summed E-state index contributed by atoms with van der Waals surface area (Å²) >= 11 is 0. The Hall–Kier alpha value is -3.25. The van der Waals surface area contributed by atoms with Gasteiger partial charge in [0.25, 0.3) is 5.91 Å². The second kappa shape index (κ2) is 6.87. The molecule has 8 N–H and O–H groups in total. The summed E-state index contributed by atoms with van der Waals surface area (Å²) in [6.07, 6.45) is -1.87. The maximum Gasteiger partial charge on any atom is 0.255 e. The van der Waals surface area contributed by atoms with Crippen molar-refractivity contribution in [1.29, 1.82) is 0 Å². The number of nitrogens with two attached hydrogens (primary N) is 1. The van der Waals surface area contributed by atoms with Crippen LogP contribution >= 0.6 is 0 Å². The van der Waals surface area contributed by atoms with Gasteiger partial charge in [-0.3, -0.25) is 19.3 Å². The highest BCUT2D eigenvalue weighted by Crippen LogP contribution is 2.57. The number of fused-ring (bicyclic) bond motifs is 3. The van der Waals surface area contributed by atoms with Gasteiger partial charge in [0, 0.05) is 0 Å². The van der Waals surface area contributed by atoms with E-state index in [4.69, 9.17) is 5.73 Å². The van der Waals surface area contributed by atoms with Crippen LogP contribution in [0.5, 0.6) is 5.75 Å². The summed E-state index contributed by atoms with van der Waals surface area (Å²) in [5.74, 6) is -9.67. The van der Waals surface area contributed by atoms with Gasteiger partial charge in [-0.1, -0.05) is 12.1 Å². The lowest BCUT2D eigenvalue weighted by Gasteiger charge is -2.55. The zero-order valence-electron chi connectivity index (χ0n) is 18.0. The van der Waals surface area contributed by atoms with Crippen molar-refractivity contribution in [3.05, 3.63) is 46.2 Å². The third kappa shape index (κ3) is 2.61. The Morgan fingerprint density at radius 1 is 1.12 bits per heavy atom. The van der Waals surface area contributed by atoms with Crippen LogP contribution in [0.15, 0.2) is 35.1 Å². The van der Waals surface area contributed by atoms with Gasteiger partial charge in [0.2, 0.25) is 5.78 Å². The number of aliphatic hydroxyl groups is 5. The van der Waals surface area contributed by atoms with E-state index < -0.39 is 81.1 Å². The zero-order chi connectivity index (χ0) is 24.8. The van der Waals surface area contributed by atoms with Crippen molar-refractivity contribution in [2.75, 3.05) is 14.1 Å². The summed E-state index contributed by atoms with van der Waals surface area (Å²) in [6.45, 7) is 1.25. The van der Waals surface area contributed by atoms with Crippen molar-refractivity contribution < 1.29 is 45.0 Å². The molecular formula is C22H24N2O9. The van der Waals surface area contributed by atoms with E-state index in [-0.39, 0.29) is 11.1 Å². The van der Waals surface area contributed by atoms with E-state index in [9.17, 15) is 45.0 Å². The highest BCUT2D eigenvalue weighted by atomic mass is 16.4. The molecule has 3 aliphatic carbocycles. The smallest absolute Gasteiger partial charge is 0.255 e. The molecule has 1 aromatic rings. The Morgan fingerprint density at radius 3 is 2.27 bits per heavy atom. The number of aromatic hydroxyl groups is 1. The number of phenolic OH excluding ortho intramolecular Hbond substituents is 1. The molecule has 0 bridgehead atoms. The summed E-state index contributed by atoms with van der Waals surface area (Å²) in [6, 6.07) is 2.50. The predicted molar refractivity (Wildman–Crippen MR) is 112 cm³/mol. The highest BCUT2D eigenvalue weighted by Gasteiger charge is 2.70. The predicted octanol–water partition coefficient (Wildman–Crippen LogP) is -1.40. The minimum atomic E-state index is -3.02. The van der Waals surface area contributed by atoms with Crippen LogP contribution in [-0.4, -0.2) is 84.9 Å². The Morgan fingerprint density at radius 2 is 1.73 bits per heavy atom. The lowest BCUT2D eigenvalue weighted by atomic mass is 9.53. The fourth-order valence-corrected chi connectivity index (χ4v) is 5.60. The van der Waals surface area contributed by atoms with Gasteiger partial charge in [-0.05, 0) is 32.6 Å². The Kier molecular flexibility index (Phi) is 4.78. The minimum Gasteiger partial charge on any atom is -0.508 e. The summed E-state index contributed by atoms with van der Waals surface area (Å²) in [5.41, 5.74) is -1.78. The largest absolute Gasteiger partial charge is 0.508 e. The van der Waals surface area contributed by atoms with Crippen LogP contribution in [0.2, 0.25) is 0 Å². The topological polar surface area (TPSA) is 202 Å². The first-order valence-corrected chi connectivity index (χ1v) is 10.1. The molecule has 1 amide bonds. The number of hydrogen-bond acceptors (Lipinski definition) is 10. The molecule has 0 heterocycles. The van der Waals surface area contributed by atoms with Gasteiger partial charge >= 0.3 is 0 Å². The molecule has 11 heteroatoms. The number of aliphatic hydroxyl groups excluding tert-OH is 3. The zero-order valence-corrected chi connectivity index (χ0v) is 18.0. The Labute approximate surface area is 187 Å². The third-order valence-electron chi connectivity index (χ3n) is 7.03. The van der Waals surface area contributed by atoms with E-state index in [0.29, 0.717) is 0 Å². The normalized spacial score (nSPS) is 36.0. The van der Waals surface area contributed by atoms with Crippen molar-refractivity contribution in [3.63, 3.8) is 0 Å². The maximum absolute atomic E-state index is 13.7. The number of ketones is 2. The van der Waals surface area contributed by atoms with Gasteiger partial charge in [-0.2, -0.15) is 0 Å². The molecule has 0 aliphatic heterocycles. The molecule has 1 saturated carbocycles. The molecule has 6 atom stereocenters. The first-order chi connectivity index (χ1) is 15.2. The summed E-state index contributed by atoms with van der Waals surface area (Å²) in [4.78, 5) is 39.9. The molecule has 1 fully saturated rings. The van der Waals surface area contributed by atoms with Crippen LogP contribution in [0.25, 0.3) is 5.76 Å². The van der Waals surface area contributed by atoms with E-state index in [0.717, 1.165) is 0 Å². The Bertz CT molecular complexity index is 1180. The standard InChI is InChI=1S/C22H24N2O9/c1-21(32)7-5-4-6-8(25)9(7)15(26)10-12(21)17(28)13-14(24(2)3)16(27)11(20(23)31)19(30)22(13,33)18(10)29/h4-6,12-14,17,25-26,28,30,32-33H,1-3H3,(H2,23,31)/t12-,13-,14+,17+,21?,22+/m1/s1. The number of amides is 1. The van der Waals surface area contributed by atoms with Crippen molar-refractivity contribution in [1.82, 2.24) is 4.90 Å². The summed E-state index contributed by atoms with van der Waals surface area (Å²) in [7, 11) is 2.80. The van der Waals surface area contributed by atoms with Gasteiger partial charge in [0.1, 0.15) is 22.8 Å². The molecule has 0 saturated heterocycles. The second-order valence-corrected chi connectivity index (χ2v) is 9.06. The van der Waals surface area contributed by atoms with E-state index in [1.807, 2.05) is 0 Å². The number of primary amides is 1. The molecule has 1 aromatic carbocycles. The van der Waals surface area contributed by atoms with Gasteiger partial charge in [-0.25, -0.2) is 0 Å². The van der Waals surface area contributed by atoms with Crippen LogP contribution in [0.1, 0.15) is 18.1 Å². The van der Waals surface area contributed by atoms with Gasteiger partial charge in [0.05, 0.1) is 40.7 Å². The average Bonchev–Trinajstić information content (AvgIpc) is 2.70. The molecular weight excluding hydrogens is 436 g/mol. The number of phenols is 1. The minimum absolute atomic E-state index is 0.00664. The highest BCUT2D eigenvalue weighted by molar-refractivity contribution is 6.24. The lowest BCUT2D eigenvalue weighted by Crippen LogP contribution is -2.71. The van der Waals surface area contributed by atoms with Crippen LogP contribution in [0, 0.1) is 11.8 Å². The molecule has 176 valence electrons. The van der Waals surface area contributed by atoms with E-state index in [1.54, 1.807) is 0 Å². The van der Waals surface area contributed by atoms with Gasteiger partial charge in [0.15, 0.2) is 11.4 Å².